The van der Waals surface area contributed by atoms with E-state index in [1.54, 1.807) is 23.9 Å². The van der Waals surface area contributed by atoms with Crippen molar-refractivity contribution in [2.75, 3.05) is 37.9 Å². The molecule has 31 heavy (non-hydrogen) atoms. The Morgan fingerprint density at radius 3 is 2.77 bits per heavy atom. The van der Waals surface area contributed by atoms with Gasteiger partial charge in [-0.25, -0.2) is 22.7 Å². The number of fused-ring (bicyclic) bond motifs is 1. The molecule has 1 atom stereocenters. The van der Waals surface area contributed by atoms with Crippen LogP contribution in [-0.4, -0.2) is 71.5 Å². The van der Waals surface area contributed by atoms with Crippen LogP contribution in [0.4, 0.5) is 5.82 Å². The van der Waals surface area contributed by atoms with E-state index >= 15 is 0 Å². The number of piperidine rings is 1. The lowest BCUT2D eigenvalue weighted by atomic mass is 10.1. The Kier molecular flexibility index (Phi) is 7.95. The van der Waals surface area contributed by atoms with E-state index in [-0.39, 0.29) is 19.0 Å². The summed E-state index contributed by atoms with van der Waals surface area (Å²) in [6.07, 6.45) is 4.92. The molecule has 2 aromatic rings. The van der Waals surface area contributed by atoms with Gasteiger partial charge in [-0.3, -0.25) is 4.79 Å². The maximum absolute atomic E-state index is 12.4. The number of anilines is 1. The predicted molar refractivity (Wildman–Crippen MR) is 125 cm³/mol. The van der Waals surface area contributed by atoms with E-state index in [1.165, 1.54) is 10.6 Å². The highest BCUT2D eigenvalue weighted by Crippen LogP contribution is 2.25. The molecule has 4 rings (SSSR count). The van der Waals surface area contributed by atoms with Crippen LogP contribution in [0, 0.1) is 0 Å². The number of aromatic amines is 1. The number of hydrogen-bond donors (Lipinski definition) is 2. The summed E-state index contributed by atoms with van der Waals surface area (Å²) in [6.45, 7) is 2.53. The van der Waals surface area contributed by atoms with Gasteiger partial charge < -0.3 is 15.0 Å². The lowest BCUT2D eigenvalue weighted by Crippen LogP contribution is -2.44. The first kappa shape index (κ1) is 24.0. The Morgan fingerprint density at radius 1 is 1.26 bits per heavy atom. The standard InChI is InChI=1S/C19H27N5O4S2.CH4/c1-30(26,27)24-8-2-3-13(11-24)20-16-5-4-15-18(21-16)22-17(23-19(15)25)12-29-14-6-9-28-10-7-14;/h4-5,13-14H,2-3,6-12H2,1H3,(H2,20,21,22,23,25);1H4/t13-;/m1./s1. The van der Waals surface area contributed by atoms with Gasteiger partial charge in [0.05, 0.1) is 17.4 Å². The summed E-state index contributed by atoms with van der Waals surface area (Å²) in [5.41, 5.74) is 0.213. The average Bonchev–Trinajstić information content (AvgIpc) is 2.72. The Bertz CT molecular complexity index is 1050. The monoisotopic (exact) mass is 469 g/mol. The molecule has 2 aromatic heterocycles. The molecular weight excluding hydrogens is 438 g/mol. The summed E-state index contributed by atoms with van der Waals surface area (Å²) in [6, 6.07) is 3.43. The molecule has 0 amide bonds. The fourth-order valence-electron chi connectivity index (χ4n) is 3.82. The molecule has 2 fully saturated rings. The summed E-state index contributed by atoms with van der Waals surface area (Å²) in [7, 11) is -3.21. The number of thioether (sulfide) groups is 1. The molecule has 0 aromatic carbocycles. The van der Waals surface area contributed by atoms with Crippen LogP contribution in [0.5, 0.6) is 0 Å². The molecule has 0 unspecified atom stereocenters. The van der Waals surface area contributed by atoms with Crippen molar-refractivity contribution in [1.82, 2.24) is 19.3 Å². The molecule has 4 heterocycles. The topological polar surface area (TPSA) is 117 Å². The lowest BCUT2D eigenvalue weighted by Gasteiger charge is -2.31. The number of ether oxygens (including phenoxy) is 1. The van der Waals surface area contributed by atoms with Crippen LogP contribution in [0.25, 0.3) is 11.0 Å². The summed E-state index contributed by atoms with van der Waals surface area (Å²) in [5.74, 6) is 1.85. The highest BCUT2D eigenvalue weighted by Gasteiger charge is 2.26. The minimum atomic E-state index is -3.21. The first-order chi connectivity index (χ1) is 14.4. The normalized spacial score (nSPS) is 21.0. The van der Waals surface area contributed by atoms with Crippen LogP contribution in [0.3, 0.4) is 0 Å². The van der Waals surface area contributed by atoms with E-state index in [0.29, 0.717) is 46.8 Å². The second kappa shape index (κ2) is 10.3. The Balaban J connectivity index is 0.00000272. The van der Waals surface area contributed by atoms with E-state index in [4.69, 9.17) is 4.74 Å². The maximum atomic E-state index is 12.4. The van der Waals surface area contributed by atoms with Crippen LogP contribution >= 0.6 is 11.8 Å². The van der Waals surface area contributed by atoms with E-state index in [2.05, 4.69) is 20.3 Å². The van der Waals surface area contributed by atoms with Crippen molar-refractivity contribution in [3.8, 4) is 0 Å². The first-order valence-corrected chi connectivity index (χ1v) is 13.1. The number of aromatic nitrogens is 3. The quantitative estimate of drug-likeness (QED) is 0.661. The lowest BCUT2D eigenvalue weighted by molar-refractivity contribution is 0.1000. The zero-order valence-corrected chi connectivity index (χ0v) is 18.6. The number of nitrogens with one attached hydrogen (secondary N) is 2. The number of sulfonamides is 1. The predicted octanol–water partition coefficient (Wildman–Crippen LogP) is 2.20. The van der Waals surface area contributed by atoms with Crippen LogP contribution < -0.4 is 10.9 Å². The van der Waals surface area contributed by atoms with Crippen LogP contribution in [0.15, 0.2) is 16.9 Å². The second-order valence-corrected chi connectivity index (χ2v) is 11.1. The highest BCUT2D eigenvalue weighted by atomic mass is 32.2. The molecule has 172 valence electrons. The third kappa shape index (κ3) is 6.18. The number of pyridine rings is 1. The minimum absolute atomic E-state index is 0. The van der Waals surface area contributed by atoms with E-state index < -0.39 is 10.0 Å². The number of H-pyrrole nitrogens is 1. The van der Waals surface area contributed by atoms with Gasteiger partial charge in [-0.2, -0.15) is 11.8 Å². The zero-order valence-electron chi connectivity index (χ0n) is 17.0. The van der Waals surface area contributed by atoms with Gasteiger partial charge in [-0.15, -0.1) is 0 Å². The van der Waals surface area contributed by atoms with Gasteiger partial charge in [0.25, 0.3) is 5.56 Å². The van der Waals surface area contributed by atoms with E-state index in [9.17, 15) is 13.2 Å². The van der Waals surface area contributed by atoms with Crippen molar-refractivity contribution in [1.29, 1.82) is 0 Å². The summed E-state index contributed by atoms with van der Waals surface area (Å²) >= 11 is 1.78. The van der Waals surface area contributed by atoms with Crippen molar-refractivity contribution in [3.63, 3.8) is 0 Å². The minimum Gasteiger partial charge on any atom is -0.381 e. The Labute approximate surface area is 187 Å². The van der Waals surface area contributed by atoms with Gasteiger partial charge in [0.1, 0.15) is 11.6 Å². The molecule has 0 spiro atoms. The van der Waals surface area contributed by atoms with Gasteiger partial charge in [0, 0.05) is 37.6 Å². The smallest absolute Gasteiger partial charge is 0.260 e. The second-order valence-electron chi connectivity index (χ2n) is 7.81. The zero-order chi connectivity index (χ0) is 21.1. The van der Waals surface area contributed by atoms with Crippen molar-refractivity contribution in [3.05, 3.63) is 28.3 Å². The van der Waals surface area contributed by atoms with Crippen LogP contribution in [-0.2, 0) is 20.5 Å². The van der Waals surface area contributed by atoms with Crippen molar-refractivity contribution < 1.29 is 13.2 Å². The Hall–Kier alpha value is -1.69. The molecule has 2 saturated heterocycles. The van der Waals surface area contributed by atoms with Gasteiger partial charge >= 0.3 is 0 Å². The third-order valence-corrected chi connectivity index (χ3v) is 8.10. The van der Waals surface area contributed by atoms with Gasteiger partial charge in [0.15, 0.2) is 5.65 Å². The Morgan fingerprint density at radius 2 is 2.03 bits per heavy atom. The number of rotatable bonds is 6. The number of hydrogen-bond acceptors (Lipinski definition) is 8. The van der Waals surface area contributed by atoms with E-state index in [0.717, 1.165) is 38.9 Å². The van der Waals surface area contributed by atoms with Crippen molar-refractivity contribution >= 4 is 38.6 Å². The SMILES string of the molecule is C.CS(=O)(=O)N1CCC[C@@H](Nc2ccc3c(=O)[nH]c(CSC4CCOCC4)nc3n2)C1. The maximum Gasteiger partial charge on any atom is 0.260 e. The summed E-state index contributed by atoms with van der Waals surface area (Å²) in [5, 5.41) is 4.27. The molecule has 9 nitrogen and oxygen atoms in total. The molecule has 0 aliphatic carbocycles. The summed E-state index contributed by atoms with van der Waals surface area (Å²) in [4.78, 5) is 24.4. The molecule has 0 bridgehead atoms. The van der Waals surface area contributed by atoms with E-state index in [1.807, 2.05) is 0 Å². The average molecular weight is 470 g/mol. The first-order valence-electron chi connectivity index (χ1n) is 10.2. The highest BCUT2D eigenvalue weighted by molar-refractivity contribution is 7.99. The molecule has 2 aliphatic heterocycles. The third-order valence-electron chi connectivity index (χ3n) is 5.45. The van der Waals surface area contributed by atoms with Crippen molar-refractivity contribution in [2.24, 2.45) is 0 Å². The number of nitrogens with zero attached hydrogens (tertiary/aromatic N) is 3. The summed E-state index contributed by atoms with van der Waals surface area (Å²) < 4.78 is 30.5. The molecule has 2 N–H and O–H groups in total. The molecule has 2 aliphatic rings. The molecule has 11 heteroatoms. The van der Waals surface area contributed by atoms with Crippen LogP contribution in [0.1, 0.15) is 38.9 Å². The fourth-order valence-corrected chi connectivity index (χ4v) is 5.79. The van der Waals surface area contributed by atoms with Gasteiger partial charge in [-0.1, -0.05) is 7.43 Å². The van der Waals surface area contributed by atoms with Crippen molar-refractivity contribution in [2.45, 2.75) is 50.2 Å². The largest absolute Gasteiger partial charge is 0.381 e. The molecular formula is C20H31N5O4S2. The van der Waals surface area contributed by atoms with Gasteiger partial charge in [0.2, 0.25) is 10.0 Å². The fraction of sp³-hybridized carbons (Fsp3) is 0.650. The molecule has 0 saturated carbocycles. The van der Waals surface area contributed by atoms with Gasteiger partial charge in [-0.05, 0) is 37.8 Å². The molecule has 0 radical (unpaired) electrons. The van der Waals surface area contributed by atoms with Crippen LogP contribution in [0.2, 0.25) is 0 Å².